The van der Waals surface area contributed by atoms with E-state index in [0.29, 0.717) is 11.3 Å². The SMILES string of the molecule is O=C(O)C(F)(F)F.O=c1cc(OC2CCNCC2)c2cc(Br)ccc2o1. The number of piperidine rings is 1. The van der Waals surface area contributed by atoms with Crippen molar-refractivity contribution in [2.45, 2.75) is 25.1 Å². The monoisotopic (exact) mass is 437 g/mol. The molecule has 26 heavy (non-hydrogen) atoms. The van der Waals surface area contributed by atoms with Crippen molar-refractivity contribution < 1.29 is 32.2 Å². The molecule has 1 aromatic heterocycles. The molecule has 2 aromatic rings. The number of benzene rings is 1. The molecule has 1 aromatic carbocycles. The molecule has 0 atom stereocenters. The number of nitrogens with one attached hydrogen (secondary N) is 1. The number of carboxylic acid groups (broad SMARTS) is 1. The lowest BCUT2D eigenvalue weighted by Gasteiger charge is -2.24. The summed E-state index contributed by atoms with van der Waals surface area (Å²) in [6.07, 6.45) is -3.02. The molecule has 0 spiro atoms. The number of aliphatic carboxylic acids is 1. The molecule has 1 saturated heterocycles. The summed E-state index contributed by atoms with van der Waals surface area (Å²) >= 11 is 3.42. The van der Waals surface area contributed by atoms with Gasteiger partial charge < -0.3 is 19.6 Å². The predicted molar refractivity (Wildman–Crippen MR) is 90.4 cm³/mol. The van der Waals surface area contributed by atoms with Gasteiger partial charge in [0.2, 0.25) is 0 Å². The van der Waals surface area contributed by atoms with E-state index in [1.54, 1.807) is 6.07 Å². The van der Waals surface area contributed by atoms with Crippen molar-refractivity contribution in [2.75, 3.05) is 13.1 Å². The van der Waals surface area contributed by atoms with E-state index in [-0.39, 0.29) is 11.7 Å². The fourth-order valence-electron chi connectivity index (χ4n) is 2.30. The van der Waals surface area contributed by atoms with Crippen molar-refractivity contribution in [1.29, 1.82) is 0 Å². The molecule has 142 valence electrons. The lowest BCUT2D eigenvalue weighted by atomic mass is 10.1. The number of alkyl halides is 3. The first-order chi connectivity index (χ1) is 12.2. The summed E-state index contributed by atoms with van der Waals surface area (Å²) in [5.74, 6) is -2.15. The van der Waals surface area contributed by atoms with Crippen LogP contribution >= 0.6 is 15.9 Å². The van der Waals surface area contributed by atoms with Gasteiger partial charge in [-0.15, -0.1) is 0 Å². The molecule has 0 saturated carbocycles. The molecule has 3 rings (SSSR count). The Bertz CT molecular complexity index is 831. The molecule has 2 N–H and O–H groups in total. The maximum atomic E-state index is 11.6. The van der Waals surface area contributed by atoms with Crippen LogP contribution in [0.15, 0.2) is 37.9 Å². The second-order valence-corrected chi connectivity index (χ2v) is 6.36. The van der Waals surface area contributed by atoms with Crippen molar-refractivity contribution in [3.05, 3.63) is 39.2 Å². The van der Waals surface area contributed by atoms with Crippen LogP contribution in [0.3, 0.4) is 0 Å². The molecule has 6 nitrogen and oxygen atoms in total. The van der Waals surface area contributed by atoms with E-state index in [9.17, 15) is 18.0 Å². The van der Waals surface area contributed by atoms with Crippen molar-refractivity contribution >= 4 is 32.9 Å². The Morgan fingerprint density at radius 2 is 1.88 bits per heavy atom. The largest absolute Gasteiger partial charge is 0.490 e. The summed E-state index contributed by atoms with van der Waals surface area (Å²) in [6.45, 7) is 1.90. The maximum absolute atomic E-state index is 11.6. The number of carboxylic acids is 1. The third-order valence-corrected chi connectivity index (χ3v) is 3.98. The van der Waals surface area contributed by atoms with Gasteiger partial charge in [-0.3, -0.25) is 0 Å². The molecule has 0 amide bonds. The second-order valence-electron chi connectivity index (χ2n) is 5.44. The van der Waals surface area contributed by atoms with Crippen molar-refractivity contribution in [1.82, 2.24) is 5.32 Å². The number of rotatable bonds is 2. The number of fused-ring (bicyclic) bond motifs is 1. The van der Waals surface area contributed by atoms with Gasteiger partial charge in [-0.2, -0.15) is 13.2 Å². The highest BCUT2D eigenvalue weighted by Crippen LogP contribution is 2.28. The van der Waals surface area contributed by atoms with Crippen LogP contribution in [-0.2, 0) is 4.79 Å². The molecule has 1 aliphatic heterocycles. The number of carbonyl (C=O) groups is 1. The summed E-state index contributed by atoms with van der Waals surface area (Å²) in [4.78, 5) is 20.5. The molecule has 2 heterocycles. The first-order valence-electron chi connectivity index (χ1n) is 7.57. The molecule has 0 bridgehead atoms. The van der Waals surface area contributed by atoms with Gasteiger partial charge in [-0.05, 0) is 44.1 Å². The average Bonchev–Trinajstić information content (AvgIpc) is 2.56. The second kappa shape index (κ2) is 8.54. The fourth-order valence-corrected chi connectivity index (χ4v) is 2.66. The summed E-state index contributed by atoms with van der Waals surface area (Å²) in [5, 5.41) is 11.2. The van der Waals surface area contributed by atoms with Gasteiger partial charge in [0, 0.05) is 4.47 Å². The van der Waals surface area contributed by atoms with Crippen LogP contribution in [0.1, 0.15) is 12.8 Å². The highest BCUT2D eigenvalue weighted by atomic mass is 79.9. The number of hydrogen-bond donors (Lipinski definition) is 2. The minimum Gasteiger partial charge on any atom is -0.489 e. The van der Waals surface area contributed by atoms with Crippen LogP contribution < -0.4 is 15.7 Å². The molecule has 0 unspecified atom stereocenters. The van der Waals surface area contributed by atoms with Crippen molar-refractivity contribution in [3.8, 4) is 5.75 Å². The molecule has 10 heteroatoms. The van der Waals surface area contributed by atoms with Gasteiger partial charge in [0.25, 0.3) is 0 Å². The van der Waals surface area contributed by atoms with Crippen LogP contribution in [0.2, 0.25) is 0 Å². The third-order valence-electron chi connectivity index (χ3n) is 3.49. The Hall–Kier alpha value is -2.07. The number of ether oxygens (including phenoxy) is 1. The summed E-state index contributed by atoms with van der Waals surface area (Å²) in [5.41, 5.74) is 0.179. The molecule has 1 aliphatic rings. The van der Waals surface area contributed by atoms with Gasteiger partial charge in [0.05, 0.1) is 11.5 Å². The Labute approximate surface area is 154 Å². The van der Waals surface area contributed by atoms with Crippen LogP contribution in [0.4, 0.5) is 13.2 Å². The molecular weight excluding hydrogens is 423 g/mol. The lowest BCUT2D eigenvalue weighted by Crippen LogP contribution is -2.34. The maximum Gasteiger partial charge on any atom is 0.490 e. The van der Waals surface area contributed by atoms with Gasteiger partial charge in [-0.1, -0.05) is 15.9 Å². The van der Waals surface area contributed by atoms with Crippen LogP contribution in [-0.4, -0.2) is 36.4 Å². The van der Waals surface area contributed by atoms with Crippen molar-refractivity contribution in [2.24, 2.45) is 0 Å². The van der Waals surface area contributed by atoms with E-state index in [1.165, 1.54) is 6.07 Å². The highest BCUT2D eigenvalue weighted by Gasteiger charge is 2.38. The summed E-state index contributed by atoms with van der Waals surface area (Å²) in [6, 6.07) is 6.96. The van der Waals surface area contributed by atoms with Crippen LogP contribution in [0.25, 0.3) is 11.0 Å². The Balaban J connectivity index is 0.000000298. The molecule has 0 aliphatic carbocycles. The Morgan fingerprint density at radius 3 is 2.46 bits per heavy atom. The van der Waals surface area contributed by atoms with E-state index >= 15 is 0 Å². The number of hydrogen-bond acceptors (Lipinski definition) is 5. The number of halogens is 4. The zero-order valence-corrected chi connectivity index (χ0v) is 14.9. The van der Waals surface area contributed by atoms with E-state index < -0.39 is 12.1 Å². The first-order valence-corrected chi connectivity index (χ1v) is 8.37. The molecular formula is C16H15BrF3NO5. The van der Waals surface area contributed by atoms with Crippen LogP contribution in [0, 0.1) is 0 Å². The van der Waals surface area contributed by atoms with E-state index in [1.807, 2.05) is 12.1 Å². The van der Waals surface area contributed by atoms with E-state index in [2.05, 4.69) is 21.2 Å². The van der Waals surface area contributed by atoms with Gasteiger partial charge >= 0.3 is 17.8 Å². The third kappa shape index (κ3) is 5.73. The minimum absolute atomic E-state index is 0.158. The standard InChI is InChI=1S/C14H14BrNO3.C2HF3O2/c15-9-1-2-12-11(7-9)13(8-14(17)19-12)18-10-3-5-16-6-4-10;3-2(4,5)1(6)7/h1-2,7-8,10,16H,3-6H2;(H,6,7). The lowest BCUT2D eigenvalue weighted by molar-refractivity contribution is -0.192. The Morgan fingerprint density at radius 1 is 1.27 bits per heavy atom. The van der Waals surface area contributed by atoms with Crippen molar-refractivity contribution in [3.63, 3.8) is 0 Å². The van der Waals surface area contributed by atoms with Crippen LogP contribution in [0.5, 0.6) is 5.75 Å². The zero-order valence-electron chi connectivity index (χ0n) is 13.3. The first kappa shape index (κ1) is 20.2. The van der Waals surface area contributed by atoms with E-state index in [4.69, 9.17) is 19.1 Å². The van der Waals surface area contributed by atoms with Gasteiger partial charge in [-0.25, -0.2) is 9.59 Å². The topological polar surface area (TPSA) is 88.8 Å². The summed E-state index contributed by atoms with van der Waals surface area (Å²) in [7, 11) is 0. The normalized spacial score (nSPS) is 15.2. The highest BCUT2D eigenvalue weighted by molar-refractivity contribution is 9.10. The molecule has 1 fully saturated rings. The summed E-state index contributed by atoms with van der Waals surface area (Å²) < 4.78 is 43.8. The quantitative estimate of drug-likeness (QED) is 0.700. The molecule has 0 radical (unpaired) electrons. The Kier molecular flexibility index (Phi) is 6.65. The minimum atomic E-state index is -5.08. The van der Waals surface area contributed by atoms with Gasteiger partial charge in [0.1, 0.15) is 17.4 Å². The fraction of sp³-hybridized carbons (Fsp3) is 0.375. The smallest absolute Gasteiger partial charge is 0.489 e. The van der Waals surface area contributed by atoms with E-state index in [0.717, 1.165) is 35.8 Å². The zero-order chi connectivity index (χ0) is 19.3. The predicted octanol–water partition coefficient (Wildman–Crippen LogP) is 3.32. The average molecular weight is 438 g/mol. The van der Waals surface area contributed by atoms with Gasteiger partial charge in [0.15, 0.2) is 0 Å².